The number of fused-ring (bicyclic) bond motifs is 1. The summed E-state index contributed by atoms with van der Waals surface area (Å²) < 4.78 is 5.06. The lowest BCUT2D eigenvalue weighted by atomic mass is 10.0. The monoisotopic (exact) mass is 307 g/mol. The number of nitrogens with zero attached hydrogens (tertiary/aromatic N) is 1. The quantitative estimate of drug-likeness (QED) is 0.684. The van der Waals surface area contributed by atoms with Crippen LogP contribution < -0.4 is 5.32 Å². The van der Waals surface area contributed by atoms with Crippen LogP contribution in [0, 0.1) is 0 Å². The molecule has 0 saturated heterocycles. The number of hydrogen-bond donors (Lipinski definition) is 4. The third kappa shape index (κ3) is 4.19. The molecule has 0 radical (unpaired) electrons. The molecule has 1 aromatic carbocycles. The molecular weight excluding hydrogens is 286 g/mol. The molecule has 2 rings (SSSR count). The molecular formula is C15H21N3O4. The number of aliphatic hydroxyl groups is 2. The summed E-state index contributed by atoms with van der Waals surface area (Å²) in [6.07, 6.45) is -1.35. The first-order valence-electron chi connectivity index (χ1n) is 7.02. The van der Waals surface area contributed by atoms with Crippen molar-refractivity contribution in [2.75, 3.05) is 6.54 Å². The van der Waals surface area contributed by atoms with Crippen LogP contribution in [0.5, 0.6) is 0 Å². The molecule has 0 fully saturated rings. The van der Waals surface area contributed by atoms with Crippen molar-refractivity contribution in [1.82, 2.24) is 15.3 Å². The minimum atomic E-state index is -1.15. The smallest absolute Gasteiger partial charge is 0.407 e. The van der Waals surface area contributed by atoms with E-state index in [2.05, 4.69) is 15.3 Å². The highest BCUT2D eigenvalue weighted by atomic mass is 16.6. The number of nitrogens with one attached hydrogen (secondary N) is 2. The number of imidazole rings is 1. The van der Waals surface area contributed by atoms with Crippen molar-refractivity contribution >= 4 is 17.1 Å². The number of benzene rings is 1. The highest BCUT2D eigenvalue weighted by Gasteiger charge is 2.21. The Kier molecular flexibility index (Phi) is 4.68. The second-order valence-corrected chi connectivity index (χ2v) is 6.07. The van der Waals surface area contributed by atoms with E-state index < -0.39 is 23.9 Å². The summed E-state index contributed by atoms with van der Waals surface area (Å²) in [7, 11) is 0. The SMILES string of the molecule is CC(C)(C)OC(=O)NCC(O)C(O)c1ccc2nc[nH]c2c1. The summed E-state index contributed by atoms with van der Waals surface area (Å²) in [4.78, 5) is 18.5. The molecule has 0 aliphatic rings. The summed E-state index contributed by atoms with van der Waals surface area (Å²) in [6, 6.07) is 5.15. The number of hydrogen-bond acceptors (Lipinski definition) is 5. The summed E-state index contributed by atoms with van der Waals surface area (Å²) in [5.41, 5.74) is 1.47. The van der Waals surface area contributed by atoms with E-state index in [-0.39, 0.29) is 6.54 Å². The number of amides is 1. The molecule has 2 unspecified atom stereocenters. The van der Waals surface area contributed by atoms with Gasteiger partial charge in [0, 0.05) is 6.54 Å². The number of rotatable bonds is 4. The van der Waals surface area contributed by atoms with Crippen LogP contribution in [-0.2, 0) is 4.74 Å². The molecule has 22 heavy (non-hydrogen) atoms. The number of ether oxygens (including phenoxy) is 1. The Morgan fingerprint density at radius 2 is 2.14 bits per heavy atom. The van der Waals surface area contributed by atoms with E-state index in [9.17, 15) is 15.0 Å². The second-order valence-electron chi connectivity index (χ2n) is 6.07. The Morgan fingerprint density at radius 1 is 1.41 bits per heavy atom. The van der Waals surface area contributed by atoms with E-state index in [0.29, 0.717) is 5.56 Å². The number of aliphatic hydroxyl groups excluding tert-OH is 2. The van der Waals surface area contributed by atoms with Crippen molar-refractivity contribution in [3.63, 3.8) is 0 Å². The summed E-state index contributed by atoms with van der Waals surface area (Å²) in [5.74, 6) is 0. The van der Waals surface area contributed by atoms with E-state index in [1.807, 2.05) is 0 Å². The van der Waals surface area contributed by atoms with Gasteiger partial charge in [0.15, 0.2) is 0 Å². The Balaban J connectivity index is 1.94. The van der Waals surface area contributed by atoms with Gasteiger partial charge in [-0.25, -0.2) is 9.78 Å². The molecule has 7 nitrogen and oxygen atoms in total. The maximum atomic E-state index is 11.5. The maximum absolute atomic E-state index is 11.5. The predicted molar refractivity (Wildman–Crippen MR) is 81.3 cm³/mol. The number of alkyl carbamates (subject to hydrolysis) is 1. The molecule has 0 bridgehead atoms. The zero-order valence-corrected chi connectivity index (χ0v) is 12.8. The van der Waals surface area contributed by atoms with Gasteiger partial charge in [-0.15, -0.1) is 0 Å². The molecule has 7 heteroatoms. The first-order valence-corrected chi connectivity index (χ1v) is 7.02. The van der Waals surface area contributed by atoms with Crippen LogP contribution in [-0.4, -0.2) is 44.5 Å². The van der Waals surface area contributed by atoms with Crippen LogP contribution in [0.1, 0.15) is 32.4 Å². The van der Waals surface area contributed by atoms with E-state index >= 15 is 0 Å². The maximum Gasteiger partial charge on any atom is 0.407 e. The topological polar surface area (TPSA) is 107 Å². The fourth-order valence-corrected chi connectivity index (χ4v) is 1.97. The van der Waals surface area contributed by atoms with Gasteiger partial charge in [-0.2, -0.15) is 0 Å². The summed E-state index contributed by atoms with van der Waals surface area (Å²) in [6.45, 7) is 5.13. The highest BCUT2D eigenvalue weighted by Crippen LogP contribution is 2.20. The molecule has 1 amide bonds. The second kappa shape index (κ2) is 6.33. The average molecular weight is 307 g/mol. The lowest BCUT2D eigenvalue weighted by Gasteiger charge is -2.22. The molecule has 0 aliphatic heterocycles. The summed E-state index contributed by atoms with van der Waals surface area (Å²) >= 11 is 0. The molecule has 1 heterocycles. The van der Waals surface area contributed by atoms with Crippen molar-refractivity contribution < 1.29 is 19.7 Å². The van der Waals surface area contributed by atoms with Crippen LogP contribution in [0.3, 0.4) is 0 Å². The zero-order chi connectivity index (χ0) is 16.3. The number of H-pyrrole nitrogens is 1. The Morgan fingerprint density at radius 3 is 2.82 bits per heavy atom. The molecule has 120 valence electrons. The van der Waals surface area contributed by atoms with Crippen molar-refractivity contribution in [1.29, 1.82) is 0 Å². The van der Waals surface area contributed by atoms with Gasteiger partial charge in [-0.05, 0) is 38.5 Å². The van der Waals surface area contributed by atoms with Gasteiger partial charge in [0.25, 0.3) is 0 Å². The van der Waals surface area contributed by atoms with Crippen LogP contribution in [0.4, 0.5) is 4.79 Å². The Hall–Kier alpha value is -2.12. The van der Waals surface area contributed by atoms with Crippen molar-refractivity contribution in [3.05, 3.63) is 30.1 Å². The van der Waals surface area contributed by atoms with E-state index in [0.717, 1.165) is 11.0 Å². The van der Waals surface area contributed by atoms with Gasteiger partial charge in [-0.1, -0.05) is 6.07 Å². The van der Waals surface area contributed by atoms with Crippen LogP contribution >= 0.6 is 0 Å². The lowest BCUT2D eigenvalue weighted by molar-refractivity contribution is 0.0130. The van der Waals surface area contributed by atoms with Crippen LogP contribution in [0.15, 0.2) is 24.5 Å². The predicted octanol–water partition coefficient (Wildman–Crippen LogP) is 1.48. The molecule has 0 aliphatic carbocycles. The third-order valence-corrected chi connectivity index (χ3v) is 3.00. The fourth-order valence-electron chi connectivity index (χ4n) is 1.97. The van der Waals surface area contributed by atoms with E-state index in [4.69, 9.17) is 4.74 Å². The molecule has 2 aromatic rings. The number of aromatic amines is 1. The molecule has 0 spiro atoms. The van der Waals surface area contributed by atoms with Gasteiger partial charge in [-0.3, -0.25) is 0 Å². The average Bonchev–Trinajstić information content (AvgIpc) is 2.89. The minimum Gasteiger partial charge on any atom is -0.444 e. The number of carbonyl (C=O) groups excluding carboxylic acids is 1. The van der Waals surface area contributed by atoms with Crippen molar-refractivity contribution in [2.45, 2.75) is 38.6 Å². The zero-order valence-electron chi connectivity index (χ0n) is 12.8. The van der Waals surface area contributed by atoms with Crippen LogP contribution in [0.25, 0.3) is 11.0 Å². The first kappa shape index (κ1) is 16.3. The normalized spacial score (nSPS) is 14.6. The Bertz CT molecular complexity index is 648. The fraction of sp³-hybridized carbons (Fsp3) is 0.467. The van der Waals surface area contributed by atoms with Crippen molar-refractivity contribution in [2.24, 2.45) is 0 Å². The van der Waals surface area contributed by atoms with Gasteiger partial charge in [0.2, 0.25) is 0 Å². The molecule has 2 atom stereocenters. The van der Waals surface area contributed by atoms with E-state index in [1.54, 1.807) is 45.3 Å². The highest BCUT2D eigenvalue weighted by molar-refractivity contribution is 5.75. The largest absolute Gasteiger partial charge is 0.444 e. The first-order chi connectivity index (χ1) is 10.3. The number of aromatic nitrogens is 2. The van der Waals surface area contributed by atoms with Gasteiger partial charge < -0.3 is 25.3 Å². The minimum absolute atomic E-state index is 0.114. The van der Waals surface area contributed by atoms with Gasteiger partial charge in [0.1, 0.15) is 17.8 Å². The van der Waals surface area contributed by atoms with Crippen LogP contribution in [0.2, 0.25) is 0 Å². The summed E-state index contributed by atoms with van der Waals surface area (Å²) in [5, 5.41) is 22.6. The standard InChI is InChI=1S/C15H21N3O4/c1-15(2,3)22-14(21)16-7-12(19)13(20)9-4-5-10-11(6-9)18-8-17-10/h4-6,8,12-13,19-20H,7H2,1-3H3,(H,16,21)(H,17,18). The Labute approximate surface area is 128 Å². The van der Waals surface area contributed by atoms with Crippen molar-refractivity contribution in [3.8, 4) is 0 Å². The molecule has 1 aromatic heterocycles. The van der Waals surface area contributed by atoms with Gasteiger partial charge in [0.05, 0.1) is 17.4 Å². The molecule has 4 N–H and O–H groups in total. The third-order valence-electron chi connectivity index (χ3n) is 3.00. The molecule has 0 saturated carbocycles. The van der Waals surface area contributed by atoms with E-state index in [1.165, 1.54) is 0 Å². The lowest BCUT2D eigenvalue weighted by Crippen LogP contribution is -2.38. The van der Waals surface area contributed by atoms with Gasteiger partial charge >= 0.3 is 6.09 Å². The number of carbonyl (C=O) groups is 1.